The predicted octanol–water partition coefficient (Wildman–Crippen LogP) is 3.84. The number of imide groups is 2. The topological polar surface area (TPSA) is 236 Å². The molecule has 1 atom stereocenters. The number of fused-ring (bicyclic) bond motifs is 2. The second kappa shape index (κ2) is 20.2. The number of rotatable bonds is 20. The van der Waals surface area contributed by atoms with Crippen molar-refractivity contribution in [2.24, 2.45) is 10.7 Å². The average molecular weight is 849 g/mol. The number of carbonyl (C=O) groups excluding carboxylic acids is 7. The summed E-state index contributed by atoms with van der Waals surface area (Å²) in [6.07, 6.45) is 6.02. The van der Waals surface area contributed by atoms with E-state index >= 15 is 0 Å². The Bertz CT molecular complexity index is 2480. The summed E-state index contributed by atoms with van der Waals surface area (Å²) in [7, 11) is 0. The van der Waals surface area contributed by atoms with Gasteiger partial charge in [-0.3, -0.25) is 43.8 Å². The van der Waals surface area contributed by atoms with Crippen molar-refractivity contribution < 1.29 is 43.0 Å². The molecule has 17 nitrogen and oxygen atoms in total. The molecule has 4 aromatic rings. The molecule has 0 saturated carbocycles. The molecule has 17 heteroatoms. The van der Waals surface area contributed by atoms with E-state index in [1.54, 1.807) is 36.4 Å². The number of hydrogen-bond donors (Lipinski definition) is 5. The van der Waals surface area contributed by atoms with Crippen LogP contribution in [-0.2, 0) is 30.4 Å². The van der Waals surface area contributed by atoms with E-state index in [0.29, 0.717) is 70.0 Å². The van der Waals surface area contributed by atoms with Gasteiger partial charge in [-0.25, -0.2) is 0 Å². The molecule has 3 heterocycles. The molecule has 7 amide bonds. The summed E-state index contributed by atoms with van der Waals surface area (Å²) in [5, 5.41) is 8.31. The van der Waals surface area contributed by atoms with Crippen LogP contribution < -0.4 is 27.3 Å². The van der Waals surface area contributed by atoms with Gasteiger partial charge in [0.05, 0.1) is 27.8 Å². The summed E-state index contributed by atoms with van der Waals surface area (Å²) >= 11 is 0. The van der Waals surface area contributed by atoms with Gasteiger partial charge in [-0.05, 0) is 100 Å². The number of aromatic amines is 1. The van der Waals surface area contributed by atoms with Crippen LogP contribution in [-0.4, -0.2) is 100 Å². The molecule has 2 aliphatic heterocycles. The number of anilines is 1. The Hall–Kier alpha value is -6.72. The normalized spacial score (nSPS) is 15.7. The fraction of sp³-hybridized carbons (Fsp3) is 0.378. The van der Waals surface area contributed by atoms with Gasteiger partial charge < -0.3 is 35.4 Å². The quantitative estimate of drug-likeness (QED) is 0.0490. The first-order chi connectivity index (χ1) is 29.8. The van der Waals surface area contributed by atoms with Crippen molar-refractivity contribution in [1.29, 1.82) is 0 Å². The Morgan fingerprint density at radius 1 is 0.952 bits per heavy atom. The zero-order chi connectivity index (χ0) is 44.4. The maximum Gasteiger partial charge on any atom is 0.280 e. The van der Waals surface area contributed by atoms with Crippen molar-refractivity contribution in [2.45, 2.75) is 77.5 Å². The number of nitrogens with zero attached hydrogens (tertiary/aromatic N) is 3. The lowest BCUT2D eigenvalue weighted by Crippen LogP contribution is -2.54. The lowest BCUT2D eigenvalue weighted by Gasteiger charge is -2.27. The number of aryl methyl sites for hydroxylation is 1. The Labute approximate surface area is 358 Å². The second-order valence-corrected chi connectivity index (χ2v) is 15.6. The van der Waals surface area contributed by atoms with Crippen LogP contribution in [0.3, 0.4) is 0 Å². The monoisotopic (exact) mass is 848 g/mol. The zero-order valence-electron chi connectivity index (χ0n) is 35.1. The summed E-state index contributed by atoms with van der Waals surface area (Å²) in [4.78, 5) is 96.0. The highest BCUT2D eigenvalue weighted by molar-refractivity contribution is 6.25. The summed E-state index contributed by atoms with van der Waals surface area (Å²) in [5.74, 6) is -3.57. The first-order valence-corrected chi connectivity index (χ1v) is 20.7. The molecule has 0 radical (unpaired) electrons. The van der Waals surface area contributed by atoms with Gasteiger partial charge >= 0.3 is 0 Å². The van der Waals surface area contributed by atoms with Crippen molar-refractivity contribution in [1.82, 2.24) is 25.1 Å². The fourth-order valence-electron chi connectivity index (χ4n) is 7.21. The smallest absolute Gasteiger partial charge is 0.280 e. The van der Waals surface area contributed by atoms with E-state index in [9.17, 15) is 33.6 Å². The van der Waals surface area contributed by atoms with Crippen LogP contribution in [0.25, 0.3) is 17.1 Å². The number of hydrogen-bond acceptors (Lipinski definition) is 10. The van der Waals surface area contributed by atoms with Crippen LogP contribution in [0.5, 0.6) is 0 Å². The standard InChI is InChI=1S/C45H52N8O9/c1-4-22-52-34-15-13-28(26-33(34)49-44(52)51-40(57)30-10-5-9-29(27-30)39(46)56)14-17-36(54)48-21-7-23-61-25-19-45(2,3)62-24-8-20-47-32-12-6-11-31-38(32)43(60)53(42(31)59)35-16-18-37(55)50-41(35)58/h5-6,9-15,17,26-27,35,47H,4,7-8,16,18-25H2,1-3H3,(H2,46,56)(H,48,54)(H,49,51,57)(H,50,55,58)/b17-14+. The van der Waals surface area contributed by atoms with Gasteiger partial charge in [0, 0.05) is 68.8 Å². The molecule has 2 aliphatic rings. The molecule has 0 spiro atoms. The fourth-order valence-corrected chi connectivity index (χ4v) is 7.21. The number of carbonyl (C=O) groups is 7. The molecule has 1 aromatic heterocycles. The van der Waals surface area contributed by atoms with E-state index in [0.717, 1.165) is 27.9 Å². The molecule has 3 aromatic carbocycles. The van der Waals surface area contributed by atoms with Gasteiger partial charge in [0.1, 0.15) is 6.04 Å². The number of H-pyrrole nitrogens is 1. The molecule has 1 saturated heterocycles. The molecule has 0 bridgehead atoms. The number of benzene rings is 3. The minimum Gasteiger partial charge on any atom is -0.384 e. The van der Waals surface area contributed by atoms with Gasteiger partial charge in [-0.1, -0.05) is 25.1 Å². The lowest BCUT2D eigenvalue weighted by molar-refractivity contribution is -0.136. The van der Waals surface area contributed by atoms with Crippen molar-refractivity contribution in [3.05, 3.63) is 100 Å². The SMILES string of the molecule is CCCn1/c(=N/C(=O)c2cccc(C(N)=O)c2)[nH]c2cc(/C=C/C(=O)NCCCOCCC(C)(C)OCCCNc3cccc4c3C(=O)N(C3CCC(=O)NC3=O)C4=O)ccc21. The van der Waals surface area contributed by atoms with Crippen LogP contribution >= 0.6 is 0 Å². The third kappa shape index (κ3) is 11.0. The van der Waals surface area contributed by atoms with Gasteiger partial charge in [0.25, 0.3) is 17.7 Å². The number of ether oxygens (including phenoxy) is 2. The first-order valence-electron chi connectivity index (χ1n) is 20.7. The van der Waals surface area contributed by atoms with Gasteiger partial charge in [-0.15, -0.1) is 0 Å². The van der Waals surface area contributed by atoms with E-state index in [-0.39, 0.29) is 41.0 Å². The molecule has 326 valence electrons. The lowest BCUT2D eigenvalue weighted by atomic mass is 10.0. The number of nitrogens with one attached hydrogen (secondary N) is 4. The highest BCUT2D eigenvalue weighted by Gasteiger charge is 2.45. The number of primary amides is 1. The second-order valence-electron chi connectivity index (χ2n) is 15.6. The van der Waals surface area contributed by atoms with Gasteiger partial charge in [-0.2, -0.15) is 4.99 Å². The largest absolute Gasteiger partial charge is 0.384 e. The molecule has 6 N–H and O–H groups in total. The third-order valence-corrected chi connectivity index (χ3v) is 10.5. The maximum atomic E-state index is 13.3. The molecule has 0 aliphatic carbocycles. The van der Waals surface area contributed by atoms with Crippen LogP contribution in [0.15, 0.2) is 71.7 Å². The molecule has 1 unspecified atom stereocenters. The summed E-state index contributed by atoms with van der Waals surface area (Å²) in [6, 6.07) is 15.7. The van der Waals surface area contributed by atoms with Crippen LogP contribution in [0.1, 0.15) is 106 Å². The minimum absolute atomic E-state index is 0.0560. The summed E-state index contributed by atoms with van der Waals surface area (Å²) < 4.78 is 13.8. The Morgan fingerprint density at radius 2 is 1.73 bits per heavy atom. The van der Waals surface area contributed by atoms with E-state index in [4.69, 9.17) is 15.2 Å². The first kappa shape index (κ1) is 44.8. The number of imidazole rings is 1. The zero-order valence-corrected chi connectivity index (χ0v) is 35.1. The number of piperidine rings is 1. The Balaban J connectivity index is 0.880. The number of nitrogens with two attached hydrogens (primary N) is 1. The molecular weight excluding hydrogens is 797 g/mol. The van der Waals surface area contributed by atoms with E-state index in [2.05, 4.69) is 25.9 Å². The third-order valence-electron chi connectivity index (χ3n) is 10.5. The van der Waals surface area contributed by atoms with Crippen LogP contribution in [0, 0.1) is 0 Å². The molecule has 62 heavy (non-hydrogen) atoms. The number of aromatic nitrogens is 2. The molecule has 6 rings (SSSR count). The number of amides is 7. The van der Waals surface area contributed by atoms with Crippen LogP contribution in [0.2, 0.25) is 0 Å². The van der Waals surface area contributed by atoms with Crippen molar-refractivity contribution in [3.63, 3.8) is 0 Å². The van der Waals surface area contributed by atoms with Crippen molar-refractivity contribution >= 4 is 64.1 Å². The van der Waals surface area contributed by atoms with E-state index in [1.165, 1.54) is 18.2 Å². The Morgan fingerprint density at radius 3 is 2.50 bits per heavy atom. The van der Waals surface area contributed by atoms with Gasteiger partial charge in [0.15, 0.2) is 0 Å². The molecular formula is C45H52N8O9. The van der Waals surface area contributed by atoms with Crippen LogP contribution in [0.4, 0.5) is 5.69 Å². The highest BCUT2D eigenvalue weighted by Crippen LogP contribution is 2.32. The molecule has 1 fully saturated rings. The Kier molecular flexibility index (Phi) is 14.6. The minimum atomic E-state index is -1.02. The summed E-state index contributed by atoms with van der Waals surface area (Å²) in [6.45, 7) is 8.89. The highest BCUT2D eigenvalue weighted by atomic mass is 16.5. The van der Waals surface area contributed by atoms with Crippen molar-refractivity contribution in [2.75, 3.05) is 38.2 Å². The van der Waals surface area contributed by atoms with E-state index in [1.807, 2.05) is 43.5 Å². The average Bonchev–Trinajstić information content (AvgIpc) is 3.71. The van der Waals surface area contributed by atoms with Crippen molar-refractivity contribution in [3.8, 4) is 0 Å². The maximum absolute atomic E-state index is 13.3. The summed E-state index contributed by atoms with van der Waals surface area (Å²) in [5.41, 5.74) is 9.07. The van der Waals surface area contributed by atoms with Gasteiger partial charge in [0.2, 0.25) is 29.2 Å². The van der Waals surface area contributed by atoms with E-state index < -0.39 is 47.1 Å². The predicted molar refractivity (Wildman–Crippen MR) is 230 cm³/mol.